The molecule has 0 radical (unpaired) electrons. The van der Waals surface area contributed by atoms with E-state index in [4.69, 9.17) is 10.5 Å². The second-order valence-electron chi connectivity index (χ2n) is 8.84. The van der Waals surface area contributed by atoms with Gasteiger partial charge in [0.2, 0.25) is 17.8 Å². The second kappa shape index (κ2) is 8.80. The van der Waals surface area contributed by atoms with Crippen molar-refractivity contribution in [1.82, 2.24) is 34.5 Å². The lowest BCUT2D eigenvalue weighted by Gasteiger charge is -2.24. The Kier molecular flexibility index (Phi) is 5.79. The van der Waals surface area contributed by atoms with Gasteiger partial charge in [-0.15, -0.1) is 5.10 Å². The van der Waals surface area contributed by atoms with Gasteiger partial charge < -0.3 is 15.8 Å². The van der Waals surface area contributed by atoms with Gasteiger partial charge in [0.05, 0.1) is 22.1 Å². The minimum atomic E-state index is -2.75. The molecule has 35 heavy (non-hydrogen) atoms. The van der Waals surface area contributed by atoms with Crippen molar-refractivity contribution < 1.29 is 17.9 Å². The molecule has 1 aliphatic heterocycles. The van der Waals surface area contributed by atoms with Crippen molar-refractivity contribution in [3.63, 3.8) is 0 Å². The number of nitrogens with one attached hydrogen (secondary N) is 1. The van der Waals surface area contributed by atoms with Crippen LogP contribution in [0.15, 0.2) is 30.5 Å². The molecule has 13 heteroatoms. The van der Waals surface area contributed by atoms with E-state index in [0.29, 0.717) is 33.4 Å². The number of nitrogens with two attached hydrogens (primary N) is 1. The summed E-state index contributed by atoms with van der Waals surface area (Å²) in [4.78, 5) is 12.7. The summed E-state index contributed by atoms with van der Waals surface area (Å²) in [6.45, 7) is 1.36. The standard InChI is InChI=1S/C22H24F3N9O/c1-22(2,15-8-9-33(31-15)19(24)25)30-21-28-18(27-20(26)29-21)12-6-7-14-13(11-12)17(23)32-34(14)16-5-3-4-10-35-16/h6-9,11,16,19H,3-5,10H2,1-2H3,(H3,26,27,28,29,30). The lowest BCUT2D eigenvalue weighted by atomic mass is 10.0. The molecule has 1 saturated heterocycles. The first kappa shape index (κ1) is 23.0. The predicted molar refractivity (Wildman–Crippen MR) is 122 cm³/mol. The number of anilines is 2. The summed E-state index contributed by atoms with van der Waals surface area (Å²) in [5.41, 5.74) is 6.49. The SMILES string of the molecule is CC(C)(Nc1nc(N)nc(-c2ccc3c(c2)c(F)nn3C2CCCCO2)n1)c1ccn(C(F)F)n1. The van der Waals surface area contributed by atoms with Gasteiger partial charge in [-0.1, -0.05) is 0 Å². The number of ether oxygens (including phenoxy) is 1. The maximum atomic E-state index is 14.7. The van der Waals surface area contributed by atoms with Crippen LogP contribution in [0, 0.1) is 5.95 Å². The number of hydrogen-bond donors (Lipinski definition) is 2. The molecule has 0 saturated carbocycles. The molecule has 3 N–H and O–H groups in total. The first-order valence-electron chi connectivity index (χ1n) is 11.1. The van der Waals surface area contributed by atoms with E-state index in [1.54, 1.807) is 36.7 Å². The molecule has 0 spiro atoms. The summed E-state index contributed by atoms with van der Waals surface area (Å²) in [6.07, 6.45) is 3.62. The van der Waals surface area contributed by atoms with Gasteiger partial charge in [0.15, 0.2) is 12.1 Å². The fourth-order valence-electron chi connectivity index (χ4n) is 4.08. The highest BCUT2D eigenvalue weighted by Gasteiger charge is 2.26. The smallest absolute Gasteiger partial charge is 0.333 e. The van der Waals surface area contributed by atoms with Gasteiger partial charge in [-0.05, 0) is 57.4 Å². The summed E-state index contributed by atoms with van der Waals surface area (Å²) >= 11 is 0. The van der Waals surface area contributed by atoms with Crippen LogP contribution >= 0.6 is 0 Å². The van der Waals surface area contributed by atoms with Crippen molar-refractivity contribution in [2.24, 2.45) is 0 Å². The number of aromatic nitrogens is 7. The minimum Gasteiger partial charge on any atom is -0.368 e. The molecule has 10 nitrogen and oxygen atoms in total. The van der Waals surface area contributed by atoms with E-state index in [1.165, 1.54) is 12.3 Å². The van der Waals surface area contributed by atoms with Crippen molar-refractivity contribution in [1.29, 1.82) is 0 Å². The van der Waals surface area contributed by atoms with E-state index >= 15 is 0 Å². The average Bonchev–Trinajstić information content (AvgIpc) is 3.45. The van der Waals surface area contributed by atoms with Crippen LogP contribution in [-0.2, 0) is 10.3 Å². The Labute approximate surface area is 198 Å². The summed E-state index contributed by atoms with van der Waals surface area (Å²) in [5.74, 6) is -0.335. The normalized spacial score (nSPS) is 16.8. The monoisotopic (exact) mass is 487 g/mol. The van der Waals surface area contributed by atoms with Crippen molar-refractivity contribution >= 4 is 22.8 Å². The Morgan fingerprint density at radius 2 is 1.97 bits per heavy atom. The predicted octanol–water partition coefficient (Wildman–Crippen LogP) is 4.25. The zero-order chi connectivity index (χ0) is 24.7. The van der Waals surface area contributed by atoms with Crippen LogP contribution in [0.3, 0.4) is 0 Å². The molecule has 0 bridgehead atoms. The Bertz CT molecular complexity index is 1360. The molecular formula is C22H24F3N9O. The van der Waals surface area contributed by atoms with Gasteiger partial charge in [-0.25, -0.2) is 9.36 Å². The zero-order valence-electron chi connectivity index (χ0n) is 19.1. The number of fused-ring (bicyclic) bond motifs is 1. The third-order valence-electron chi connectivity index (χ3n) is 5.87. The van der Waals surface area contributed by atoms with Gasteiger partial charge in [0.1, 0.15) is 0 Å². The highest BCUT2D eigenvalue weighted by molar-refractivity contribution is 5.84. The molecule has 5 rings (SSSR count). The second-order valence-corrected chi connectivity index (χ2v) is 8.84. The first-order chi connectivity index (χ1) is 16.7. The van der Waals surface area contributed by atoms with Crippen LogP contribution in [0.5, 0.6) is 0 Å². The van der Waals surface area contributed by atoms with E-state index in [0.717, 1.165) is 19.3 Å². The van der Waals surface area contributed by atoms with Crippen LogP contribution < -0.4 is 11.1 Å². The molecule has 1 atom stereocenters. The van der Waals surface area contributed by atoms with E-state index < -0.39 is 18.0 Å². The molecule has 4 aromatic rings. The average molecular weight is 487 g/mol. The molecular weight excluding hydrogens is 463 g/mol. The highest BCUT2D eigenvalue weighted by atomic mass is 19.3. The molecule has 1 fully saturated rings. The van der Waals surface area contributed by atoms with Gasteiger partial charge >= 0.3 is 6.55 Å². The van der Waals surface area contributed by atoms with Gasteiger partial charge in [0.25, 0.3) is 0 Å². The highest BCUT2D eigenvalue weighted by Crippen LogP contribution is 2.31. The van der Waals surface area contributed by atoms with Gasteiger partial charge in [-0.2, -0.15) is 33.2 Å². The van der Waals surface area contributed by atoms with Gasteiger partial charge in [-0.3, -0.25) is 0 Å². The van der Waals surface area contributed by atoms with Crippen LogP contribution in [-0.4, -0.2) is 41.1 Å². The van der Waals surface area contributed by atoms with Crippen LogP contribution in [0.25, 0.3) is 22.3 Å². The number of nitrogens with zero attached hydrogens (tertiary/aromatic N) is 7. The number of nitrogen functional groups attached to an aromatic ring is 1. The van der Waals surface area contributed by atoms with Crippen molar-refractivity contribution in [2.45, 2.75) is 51.4 Å². The zero-order valence-corrected chi connectivity index (χ0v) is 19.1. The number of halogens is 3. The number of benzene rings is 1. The third kappa shape index (κ3) is 4.50. The Morgan fingerprint density at radius 1 is 1.14 bits per heavy atom. The summed E-state index contributed by atoms with van der Waals surface area (Å²) < 4.78 is 48.5. The molecule has 4 heterocycles. The molecule has 1 unspecified atom stereocenters. The first-order valence-corrected chi connectivity index (χ1v) is 11.1. The largest absolute Gasteiger partial charge is 0.368 e. The summed E-state index contributed by atoms with van der Waals surface area (Å²) in [6, 6.07) is 6.57. The molecule has 0 amide bonds. The van der Waals surface area contributed by atoms with Crippen LogP contribution in [0.4, 0.5) is 25.1 Å². The van der Waals surface area contributed by atoms with Crippen LogP contribution in [0.1, 0.15) is 51.6 Å². The summed E-state index contributed by atoms with van der Waals surface area (Å²) in [5, 5.41) is 11.3. The quantitative estimate of drug-likeness (QED) is 0.414. The fourth-order valence-corrected chi connectivity index (χ4v) is 4.08. The number of alkyl halides is 2. The topological polar surface area (TPSA) is 122 Å². The number of hydrogen-bond acceptors (Lipinski definition) is 8. The fraction of sp³-hybridized carbons (Fsp3) is 0.409. The van der Waals surface area contributed by atoms with E-state index in [1.807, 2.05) is 0 Å². The maximum absolute atomic E-state index is 14.7. The lowest BCUT2D eigenvalue weighted by Crippen LogP contribution is -2.30. The lowest BCUT2D eigenvalue weighted by molar-refractivity contribution is -0.0375. The molecule has 1 aromatic carbocycles. The molecule has 3 aromatic heterocycles. The van der Waals surface area contributed by atoms with Crippen molar-refractivity contribution in [2.75, 3.05) is 17.7 Å². The Hall–Kier alpha value is -3.74. The maximum Gasteiger partial charge on any atom is 0.333 e. The third-order valence-corrected chi connectivity index (χ3v) is 5.87. The van der Waals surface area contributed by atoms with Gasteiger partial charge in [0, 0.05) is 18.4 Å². The van der Waals surface area contributed by atoms with Crippen molar-refractivity contribution in [3.05, 3.63) is 42.1 Å². The van der Waals surface area contributed by atoms with E-state index in [9.17, 15) is 13.2 Å². The van der Waals surface area contributed by atoms with E-state index in [2.05, 4.69) is 30.5 Å². The molecule has 1 aliphatic rings. The molecule has 0 aliphatic carbocycles. The summed E-state index contributed by atoms with van der Waals surface area (Å²) in [7, 11) is 0. The Morgan fingerprint density at radius 3 is 2.69 bits per heavy atom. The minimum absolute atomic E-state index is 0.0571. The number of rotatable bonds is 6. The molecule has 184 valence electrons. The van der Waals surface area contributed by atoms with E-state index in [-0.39, 0.29) is 23.9 Å². The van der Waals surface area contributed by atoms with Crippen LogP contribution in [0.2, 0.25) is 0 Å². The van der Waals surface area contributed by atoms with Crippen molar-refractivity contribution in [3.8, 4) is 11.4 Å². The Balaban J connectivity index is 1.46.